The minimum Gasteiger partial charge on any atom is -0.482 e. The van der Waals surface area contributed by atoms with Crippen LogP contribution in [0.3, 0.4) is 0 Å². The van der Waals surface area contributed by atoms with Crippen molar-refractivity contribution in [2.75, 3.05) is 24.6 Å². The Hall–Kier alpha value is -3.35. The third kappa shape index (κ3) is 4.23. The Morgan fingerprint density at radius 1 is 1.00 bits per heavy atom. The molecule has 4 rings (SSSR count). The third-order valence-corrected chi connectivity index (χ3v) is 5.24. The summed E-state index contributed by atoms with van der Waals surface area (Å²) >= 11 is 0. The van der Waals surface area contributed by atoms with Gasteiger partial charge in [-0.1, -0.05) is 36.4 Å². The molecule has 0 atom stereocenters. The van der Waals surface area contributed by atoms with Gasteiger partial charge in [-0.25, -0.2) is 0 Å². The van der Waals surface area contributed by atoms with Crippen LogP contribution in [0.25, 0.3) is 0 Å². The van der Waals surface area contributed by atoms with Crippen molar-refractivity contribution in [3.05, 3.63) is 59.7 Å². The lowest BCUT2D eigenvalue weighted by Gasteiger charge is -2.28. The van der Waals surface area contributed by atoms with E-state index in [2.05, 4.69) is 5.32 Å². The van der Waals surface area contributed by atoms with Crippen LogP contribution in [0.4, 0.5) is 5.69 Å². The molecule has 2 aliphatic rings. The number of ether oxygens (including phenoxy) is 1. The number of nitrogens with zero attached hydrogens (tertiary/aromatic N) is 2. The van der Waals surface area contributed by atoms with Gasteiger partial charge in [-0.05, 0) is 29.7 Å². The average Bonchev–Trinajstić information content (AvgIpc) is 3.14. The number of rotatable bonds is 6. The first-order valence-electron chi connectivity index (χ1n) is 9.75. The van der Waals surface area contributed by atoms with Gasteiger partial charge in [0.1, 0.15) is 12.3 Å². The van der Waals surface area contributed by atoms with Gasteiger partial charge in [0.05, 0.1) is 5.69 Å². The van der Waals surface area contributed by atoms with Gasteiger partial charge >= 0.3 is 0 Å². The molecule has 1 fully saturated rings. The molecule has 3 amide bonds. The topological polar surface area (TPSA) is 79.0 Å². The number of fused-ring (bicyclic) bond motifs is 1. The lowest BCUT2D eigenvalue weighted by atomic mass is 10.1. The highest BCUT2D eigenvalue weighted by molar-refractivity contribution is 6.02. The molecule has 2 aromatic carbocycles. The van der Waals surface area contributed by atoms with E-state index in [1.165, 1.54) is 4.90 Å². The van der Waals surface area contributed by atoms with E-state index in [0.29, 0.717) is 30.9 Å². The number of carbonyl (C=O) groups is 3. The molecular formula is C22H23N3O4. The molecule has 0 bridgehead atoms. The first kappa shape index (κ1) is 19.0. The van der Waals surface area contributed by atoms with E-state index in [0.717, 1.165) is 24.1 Å². The third-order valence-electron chi connectivity index (χ3n) is 5.24. The smallest absolute Gasteiger partial charge is 0.265 e. The number of para-hydroxylation sites is 2. The molecular weight excluding hydrogens is 370 g/mol. The van der Waals surface area contributed by atoms with Crippen molar-refractivity contribution in [3.63, 3.8) is 0 Å². The molecule has 29 heavy (non-hydrogen) atoms. The van der Waals surface area contributed by atoms with Crippen LogP contribution >= 0.6 is 0 Å². The predicted molar refractivity (Wildman–Crippen MR) is 107 cm³/mol. The van der Waals surface area contributed by atoms with Crippen LogP contribution in [0.15, 0.2) is 48.5 Å². The van der Waals surface area contributed by atoms with Crippen molar-refractivity contribution < 1.29 is 19.1 Å². The van der Waals surface area contributed by atoms with Crippen LogP contribution in [0.1, 0.15) is 24.0 Å². The number of nitrogens with one attached hydrogen (secondary N) is 1. The summed E-state index contributed by atoms with van der Waals surface area (Å²) in [5, 5.41) is 2.90. The van der Waals surface area contributed by atoms with Crippen LogP contribution in [0, 0.1) is 0 Å². The largest absolute Gasteiger partial charge is 0.482 e. The Morgan fingerprint density at radius 3 is 2.55 bits per heavy atom. The Balaban J connectivity index is 1.39. The molecule has 0 spiro atoms. The van der Waals surface area contributed by atoms with Crippen LogP contribution in [-0.2, 0) is 27.5 Å². The highest BCUT2D eigenvalue weighted by atomic mass is 16.5. The van der Waals surface area contributed by atoms with Gasteiger partial charge in [0.15, 0.2) is 6.61 Å². The molecule has 0 radical (unpaired) electrons. The van der Waals surface area contributed by atoms with E-state index in [9.17, 15) is 14.4 Å². The Morgan fingerprint density at radius 2 is 1.76 bits per heavy atom. The van der Waals surface area contributed by atoms with Crippen LogP contribution < -0.4 is 15.0 Å². The maximum atomic E-state index is 12.5. The van der Waals surface area contributed by atoms with E-state index >= 15 is 0 Å². The van der Waals surface area contributed by atoms with Crippen molar-refractivity contribution in [3.8, 4) is 5.75 Å². The van der Waals surface area contributed by atoms with Crippen LogP contribution in [-0.4, -0.2) is 42.3 Å². The van der Waals surface area contributed by atoms with Gasteiger partial charge in [-0.15, -0.1) is 0 Å². The summed E-state index contributed by atoms with van der Waals surface area (Å²) in [5.41, 5.74) is 2.59. The molecule has 2 aromatic rings. The van der Waals surface area contributed by atoms with E-state index in [1.807, 2.05) is 41.3 Å². The number of benzene rings is 2. The molecule has 0 saturated carbocycles. The highest BCUT2D eigenvalue weighted by Gasteiger charge is 2.27. The second-order valence-corrected chi connectivity index (χ2v) is 7.20. The van der Waals surface area contributed by atoms with Crippen LogP contribution in [0.2, 0.25) is 0 Å². The van der Waals surface area contributed by atoms with Crippen molar-refractivity contribution in [2.45, 2.75) is 25.9 Å². The maximum absolute atomic E-state index is 12.5. The number of amides is 3. The summed E-state index contributed by atoms with van der Waals surface area (Å²) in [6.45, 7) is 1.54. The quantitative estimate of drug-likeness (QED) is 0.812. The molecule has 1 saturated heterocycles. The van der Waals surface area contributed by atoms with Gasteiger partial charge in [0, 0.05) is 26.1 Å². The summed E-state index contributed by atoms with van der Waals surface area (Å²) < 4.78 is 5.41. The molecule has 1 N–H and O–H groups in total. The van der Waals surface area contributed by atoms with Crippen molar-refractivity contribution in [2.24, 2.45) is 0 Å². The molecule has 7 heteroatoms. The van der Waals surface area contributed by atoms with Gasteiger partial charge in [-0.3, -0.25) is 19.3 Å². The number of anilines is 1. The number of hydrogen-bond acceptors (Lipinski definition) is 4. The van der Waals surface area contributed by atoms with E-state index in [4.69, 9.17) is 4.74 Å². The molecule has 0 aliphatic carbocycles. The second kappa shape index (κ2) is 8.34. The fraction of sp³-hybridized carbons (Fsp3) is 0.318. The molecule has 0 aromatic heterocycles. The molecule has 150 valence electrons. The lowest BCUT2D eigenvalue weighted by Crippen LogP contribution is -2.45. The SMILES string of the molecule is O=C(CN1C(=O)COc2ccccc21)NCc1ccccc1CN1CCCC1=O. The van der Waals surface area contributed by atoms with E-state index in [-0.39, 0.29) is 30.9 Å². The lowest BCUT2D eigenvalue weighted by molar-refractivity contribution is -0.128. The summed E-state index contributed by atoms with van der Waals surface area (Å²) in [7, 11) is 0. The minimum absolute atomic E-state index is 0.0635. The molecule has 7 nitrogen and oxygen atoms in total. The first-order chi connectivity index (χ1) is 14.1. The number of hydrogen-bond donors (Lipinski definition) is 1. The molecule has 2 heterocycles. The zero-order valence-corrected chi connectivity index (χ0v) is 16.1. The summed E-state index contributed by atoms with van der Waals surface area (Å²) in [6.07, 6.45) is 1.50. The zero-order chi connectivity index (χ0) is 20.2. The van der Waals surface area contributed by atoms with Crippen molar-refractivity contribution in [1.82, 2.24) is 10.2 Å². The monoisotopic (exact) mass is 393 g/mol. The zero-order valence-electron chi connectivity index (χ0n) is 16.1. The molecule has 2 aliphatic heterocycles. The summed E-state index contributed by atoms with van der Waals surface area (Å²) in [5.74, 6) is 0.280. The predicted octanol–water partition coefficient (Wildman–Crippen LogP) is 1.85. The molecule has 0 unspecified atom stereocenters. The van der Waals surface area contributed by atoms with Crippen molar-refractivity contribution in [1.29, 1.82) is 0 Å². The average molecular weight is 393 g/mol. The fourth-order valence-electron chi connectivity index (χ4n) is 3.68. The maximum Gasteiger partial charge on any atom is 0.265 e. The van der Waals surface area contributed by atoms with E-state index in [1.54, 1.807) is 12.1 Å². The van der Waals surface area contributed by atoms with Gasteiger partial charge < -0.3 is 15.0 Å². The van der Waals surface area contributed by atoms with Gasteiger partial charge in [0.25, 0.3) is 5.91 Å². The number of carbonyl (C=O) groups excluding carboxylic acids is 3. The Labute approximate surface area is 169 Å². The summed E-state index contributed by atoms with van der Waals surface area (Å²) in [6, 6.07) is 15.0. The van der Waals surface area contributed by atoms with Crippen LogP contribution in [0.5, 0.6) is 5.75 Å². The standard InChI is InChI=1S/C22H23N3O4/c26-20(14-25-18-8-3-4-9-19(18)29-15-22(25)28)23-12-16-6-1-2-7-17(16)13-24-11-5-10-21(24)27/h1-4,6-9H,5,10-15H2,(H,23,26). The minimum atomic E-state index is -0.248. The normalized spacial score (nSPS) is 15.9. The van der Waals surface area contributed by atoms with Crippen molar-refractivity contribution >= 4 is 23.4 Å². The van der Waals surface area contributed by atoms with Gasteiger partial charge in [0.2, 0.25) is 11.8 Å². The summed E-state index contributed by atoms with van der Waals surface area (Å²) in [4.78, 5) is 40.0. The first-order valence-corrected chi connectivity index (χ1v) is 9.75. The Bertz CT molecular complexity index is 943. The number of likely N-dealkylation sites (tertiary alicyclic amines) is 1. The van der Waals surface area contributed by atoms with E-state index < -0.39 is 0 Å². The fourth-order valence-corrected chi connectivity index (χ4v) is 3.68. The Kier molecular flexibility index (Phi) is 5.46. The highest BCUT2D eigenvalue weighted by Crippen LogP contribution is 2.31. The second-order valence-electron chi connectivity index (χ2n) is 7.20. The van der Waals surface area contributed by atoms with Gasteiger partial charge in [-0.2, -0.15) is 0 Å².